The number of nitrogens with zero attached hydrogens (tertiary/aromatic N) is 2. The fraction of sp³-hybridized carbons (Fsp3) is 0.562. The summed E-state index contributed by atoms with van der Waals surface area (Å²) in [4.78, 5) is 23.8. The molecular weight excluding hydrogens is 360 g/mol. The molecule has 0 aliphatic heterocycles. The highest BCUT2D eigenvalue weighted by Gasteiger charge is 2.23. The summed E-state index contributed by atoms with van der Waals surface area (Å²) in [6, 6.07) is 3.73. The van der Waals surface area contributed by atoms with Gasteiger partial charge in [0.2, 0.25) is 15.9 Å². The van der Waals surface area contributed by atoms with Crippen molar-refractivity contribution in [3.05, 3.63) is 28.3 Å². The van der Waals surface area contributed by atoms with Crippen LogP contribution in [0.25, 0.3) is 0 Å². The van der Waals surface area contributed by atoms with E-state index in [9.17, 15) is 23.3 Å². The molecule has 0 unspecified atom stereocenters. The summed E-state index contributed by atoms with van der Waals surface area (Å²) in [7, 11) is -0.770. The predicted molar refractivity (Wildman–Crippen MR) is 97.6 cm³/mol. The van der Waals surface area contributed by atoms with Gasteiger partial charge in [0.25, 0.3) is 5.69 Å². The van der Waals surface area contributed by atoms with Gasteiger partial charge in [0.05, 0.1) is 16.4 Å². The van der Waals surface area contributed by atoms with Crippen LogP contribution < -0.4 is 14.9 Å². The molecule has 1 aliphatic rings. The minimum Gasteiger partial charge on any atom is -0.372 e. The van der Waals surface area contributed by atoms with Gasteiger partial charge in [-0.05, 0) is 25.0 Å². The fourth-order valence-electron chi connectivity index (χ4n) is 2.96. The zero-order chi connectivity index (χ0) is 19.3. The van der Waals surface area contributed by atoms with Gasteiger partial charge >= 0.3 is 0 Å². The minimum atomic E-state index is -4.03. The molecule has 0 aromatic heterocycles. The molecule has 1 aliphatic carbocycles. The van der Waals surface area contributed by atoms with Crippen LogP contribution in [0.1, 0.15) is 32.1 Å². The molecule has 1 saturated carbocycles. The number of nitro groups is 1. The Morgan fingerprint density at radius 2 is 1.92 bits per heavy atom. The van der Waals surface area contributed by atoms with Crippen molar-refractivity contribution in [2.75, 3.05) is 25.5 Å². The Labute approximate surface area is 153 Å². The van der Waals surface area contributed by atoms with E-state index in [2.05, 4.69) is 10.0 Å². The first kappa shape index (κ1) is 20.1. The number of sulfonamides is 1. The topological polar surface area (TPSA) is 122 Å². The van der Waals surface area contributed by atoms with Crippen LogP contribution in [0.2, 0.25) is 0 Å². The van der Waals surface area contributed by atoms with Crippen LogP contribution in [-0.2, 0) is 14.8 Å². The Morgan fingerprint density at radius 3 is 2.50 bits per heavy atom. The average Bonchev–Trinajstić information content (AvgIpc) is 2.60. The number of amides is 1. The van der Waals surface area contributed by atoms with E-state index >= 15 is 0 Å². The van der Waals surface area contributed by atoms with Crippen molar-refractivity contribution >= 4 is 27.3 Å². The summed E-state index contributed by atoms with van der Waals surface area (Å²) in [6.45, 7) is -0.401. The third-order valence-electron chi connectivity index (χ3n) is 4.33. The number of hydrogen-bond donors (Lipinski definition) is 2. The molecule has 10 heteroatoms. The number of carbonyl (C=O) groups excluding carboxylic acids is 1. The molecule has 144 valence electrons. The quantitative estimate of drug-likeness (QED) is 0.541. The van der Waals surface area contributed by atoms with Crippen LogP contribution in [0, 0.1) is 10.1 Å². The number of anilines is 1. The third kappa shape index (κ3) is 5.15. The van der Waals surface area contributed by atoms with Gasteiger partial charge in [0, 0.05) is 26.2 Å². The van der Waals surface area contributed by atoms with E-state index in [0.717, 1.165) is 38.2 Å². The Hall–Kier alpha value is -2.20. The van der Waals surface area contributed by atoms with E-state index in [-0.39, 0.29) is 16.6 Å². The second-order valence-electron chi connectivity index (χ2n) is 6.53. The summed E-state index contributed by atoms with van der Waals surface area (Å²) < 4.78 is 26.9. The molecule has 0 radical (unpaired) electrons. The van der Waals surface area contributed by atoms with Crippen molar-refractivity contribution in [3.8, 4) is 0 Å². The molecule has 0 atom stereocenters. The number of rotatable bonds is 7. The van der Waals surface area contributed by atoms with Gasteiger partial charge in [0.1, 0.15) is 5.69 Å². The zero-order valence-electron chi connectivity index (χ0n) is 14.9. The molecule has 2 N–H and O–H groups in total. The fourth-order valence-corrected chi connectivity index (χ4v) is 3.97. The molecular formula is C16H24N4O5S. The summed E-state index contributed by atoms with van der Waals surface area (Å²) in [5.74, 6) is -0.403. The number of carbonyl (C=O) groups is 1. The lowest BCUT2D eigenvalue weighted by Crippen LogP contribution is -2.42. The molecule has 1 amide bonds. The van der Waals surface area contributed by atoms with Crippen molar-refractivity contribution in [1.29, 1.82) is 0 Å². The van der Waals surface area contributed by atoms with E-state index < -0.39 is 27.4 Å². The van der Waals surface area contributed by atoms with Crippen molar-refractivity contribution in [2.24, 2.45) is 0 Å². The van der Waals surface area contributed by atoms with Gasteiger partial charge in [-0.2, -0.15) is 0 Å². The van der Waals surface area contributed by atoms with Crippen molar-refractivity contribution in [3.63, 3.8) is 0 Å². The van der Waals surface area contributed by atoms with Gasteiger partial charge in [-0.3, -0.25) is 14.9 Å². The van der Waals surface area contributed by atoms with E-state index in [1.807, 2.05) is 0 Å². The lowest BCUT2D eigenvalue weighted by molar-refractivity contribution is -0.384. The van der Waals surface area contributed by atoms with Crippen LogP contribution in [0.5, 0.6) is 0 Å². The van der Waals surface area contributed by atoms with E-state index in [1.54, 1.807) is 14.1 Å². The SMILES string of the molecule is CN(C)c1ccc(S(=O)(=O)NCC(=O)NC2CCCCC2)cc1[N+](=O)[O-]. The second kappa shape index (κ2) is 8.45. The molecule has 1 aromatic carbocycles. The number of nitro benzene ring substituents is 1. The first-order valence-corrected chi connectivity index (χ1v) is 9.94. The highest BCUT2D eigenvalue weighted by molar-refractivity contribution is 7.89. The molecule has 0 spiro atoms. The Kier molecular flexibility index (Phi) is 6.54. The van der Waals surface area contributed by atoms with Crippen LogP contribution >= 0.6 is 0 Å². The molecule has 1 fully saturated rings. The van der Waals surface area contributed by atoms with Crippen molar-refractivity contribution in [2.45, 2.75) is 43.0 Å². The maximum absolute atomic E-state index is 12.4. The summed E-state index contributed by atoms with van der Waals surface area (Å²) in [6.07, 6.45) is 5.06. The minimum absolute atomic E-state index is 0.0845. The predicted octanol–water partition coefficient (Wildman–Crippen LogP) is 1.39. The summed E-state index contributed by atoms with van der Waals surface area (Å²) >= 11 is 0. The van der Waals surface area contributed by atoms with E-state index in [0.29, 0.717) is 5.69 Å². The molecule has 9 nitrogen and oxygen atoms in total. The van der Waals surface area contributed by atoms with Gasteiger partial charge in [-0.25, -0.2) is 13.1 Å². The average molecular weight is 384 g/mol. The van der Waals surface area contributed by atoms with Crippen molar-refractivity contribution in [1.82, 2.24) is 10.0 Å². The van der Waals surface area contributed by atoms with E-state index in [4.69, 9.17) is 0 Å². The highest BCUT2D eigenvalue weighted by atomic mass is 32.2. The smallest absolute Gasteiger partial charge is 0.293 e. The standard InChI is InChI=1S/C16H24N4O5S/c1-19(2)14-9-8-13(10-15(14)20(22)23)26(24,25)17-11-16(21)18-12-6-4-3-5-7-12/h8-10,12,17H,3-7,11H2,1-2H3,(H,18,21). The molecule has 0 bridgehead atoms. The maximum Gasteiger partial charge on any atom is 0.293 e. The number of benzene rings is 1. The number of hydrogen-bond acceptors (Lipinski definition) is 6. The normalized spacial score (nSPS) is 15.5. The lowest BCUT2D eigenvalue weighted by Gasteiger charge is -2.22. The van der Waals surface area contributed by atoms with Crippen LogP contribution in [0.3, 0.4) is 0 Å². The maximum atomic E-state index is 12.4. The summed E-state index contributed by atoms with van der Waals surface area (Å²) in [5, 5.41) is 14.0. The van der Waals surface area contributed by atoms with Gasteiger partial charge in [0.15, 0.2) is 0 Å². The molecule has 0 heterocycles. The molecule has 26 heavy (non-hydrogen) atoms. The Bertz CT molecular complexity index is 773. The Balaban J connectivity index is 2.06. The highest BCUT2D eigenvalue weighted by Crippen LogP contribution is 2.29. The van der Waals surface area contributed by atoms with Crippen LogP contribution in [-0.4, -0.2) is 45.9 Å². The molecule has 0 saturated heterocycles. The van der Waals surface area contributed by atoms with Crippen LogP contribution in [0.4, 0.5) is 11.4 Å². The zero-order valence-corrected chi connectivity index (χ0v) is 15.7. The van der Waals surface area contributed by atoms with Gasteiger partial charge < -0.3 is 10.2 Å². The molecule has 1 aromatic rings. The van der Waals surface area contributed by atoms with Gasteiger partial charge in [-0.15, -0.1) is 0 Å². The largest absolute Gasteiger partial charge is 0.372 e. The van der Waals surface area contributed by atoms with E-state index in [1.165, 1.54) is 17.0 Å². The second-order valence-corrected chi connectivity index (χ2v) is 8.30. The third-order valence-corrected chi connectivity index (χ3v) is 5.73. The van der Waals surface area contributed by atoms with Crippen molar-refractivity contribution < 1.29 is 18.1 Å². The number of nitrogens with one attached hydrogen (secondary N) is 2. The Morgan fingerprint density at radius 1 is 1.27 bits per heavy atom. The van der Waals surface area contributed by atoms with Crippen LogP contribution in [0.15, 0.2) is 23.1 Å². The first-order valence-electron chi connectivity index (χ1n) is 8.45. The first-order chi connectivity index (χ1) is 12.2. The van der Waals surface area contributed by atoms with Gasteiger partial charge in [-0.1, -0.05) is 19.3 Å². The molecule has 2 rings (SSSR count). The monoisotopic (exact) mass is 384 g/mol. The lowest BCUT2D eigenvalue weighted by atomic mass is 9.95. The summed E-state index contributed by atoms with van der Waals surface area (Å²) in [5.41, 5.74) is -0.0199.